The van der Waals surface area contributed by atoms with Crippen molar-refractivity contribution in [3.63, 3.8) is 0 Å². The molecule has 0 spiro atoms. The van der Waals surface area contributed by atoms with Crippen molar-refractivity contribution in [2.24, 2.45) is 0 Å². The molecule has 3 aromatic rings. The van der Waals surface area contributed by atoms with Crippen LogP contribution >= 0.6 is 0 Å². The number of carbonyl (C=O) groups is 2. The minimum atomic E-state index is -1.70. The zero-order chi connectivity index (χ0) is 31.4. The monoisotopic (exact) mass is 619 g/mol. The molecule has 1 fully saturated rings. The Hall–Kier alpha value is -3.54. The van der Waals surface area contributed by atoms with Gasteiger partial charge in [-0.2, -0.15) is 0 Å². The van der Waals surface area contributed by atoms with E-state index in [1.165, 1.54) is 4.90 Å². The van der Waals surface area contributed by atoms with Gasteiger partial charge in [0.15, 0.2) is 9.04 Å². The first-order chi connectivity index (χ1) is 21.1. The summed E-state index contributed by atoms with van der Waals surface area (Å²) >= 11 is 0. The second-order valence-corrected chi connectivity index (χ2v) is 14.6. The van der Waals surface area contributed by atoms with Crippen molar-refractivity contribution in [1.29, 1.82) is 0 Å². The number of hydrogen-bond donors (Lipinski definition) is 0. The number of rotatable bonds is 11. The Kier molecular flexibility index (Phi) is 9.86. The summed E-state index contributed by atoms with van der Waals surface area (Å²) in [6.45, 7) is 10.5. The number of benzene rings is 3. The van der Waals surface area contributed by atoms with Gasteiger partial charge in [-0.15, -0.1) is 0 Å². The van der Waals surface area contributed by atoms with Crippen LogP contribution in [0.25, 0.3) is 0 Å². The lowest BCUT2D eigenvalue weighted by Gasteiger charge is -2.49. The van der Waals surface area contributed by atoms with Crippen LogP contribution in [0.2, 0.25) is 13.1 Å². The summed E-state index contributed by atoms with van der Waals surface area (Å²) in [4.78, 5) is 29.1. The van der Waals surface area contributed by atoms with Crippen molar-refractivity contribution in [3.05, 3.63) is 95.6 Å². The van der Waals surface area contributed by atoms with E-state index in [-0.39, 0.29) is 13.2 Å². The van der Waals surface area contributed by atoms with Crippen molar-refractivity contribution in [2.45, 2.75) is 76.7 Å². The molecule has 2 amide bonds. The zero-order valence-electron chi connectivity index (χ0n) is 26.1. The standard InChI is InChI=1S/C34H41NO8Si/c1-34(2,3)40-21-27-29(43-44(5)6)30(39-20-22-12-8-7-9-13-22)28(33(42-27)41-24-18-16-23(38-4)17-19-24)35-31(36)25-14-10-11-15-26(25)32(35)37/h7-19,27-30,33,44H,20-21H2,1-6H3/t27-,28-,29-,30-,33-/m1/s1. The van der Waals surface area contributed by atoms with Gasteiger partial charge in [0.1, 0.15) is 35.9 Å². The Morgan fingerprint density at radius 3 is 1.98 bits per heavy atom. The normalized spacial score (nSPS) is 23.6. The van der Waals surface area contributed by atoms with Crippen LogP contribution in [-0.2, 0) is 25.2 Å². The number of imide groups is 1. The summed E-state index contributed by atoms with van der Waals surface area (Å²) in [7, 11) is -0.107. The first-order valence-electron chi connectivity index (χ1n) is 14.9. The topological polar surface area (TPSA) is 92.8 Å². The number of methoxy groups -OCH3 is 1. The Bertz CT molecular complexity index is 1390. The molecule has 2 heterocycles. The Balaban J connectivity index is 1.59. The summed E-state index contributed by atoms with van der Waals surface area (Å²) in [6, 6.07) is 22.6. The molecule has 5 rings (SSSR count). The molecule has 2 aliphatic rings. The third-order valence-electron chi connectivity index (χ3n) is 7.45. The van der Waals surface area contributed by atoms with Gasteiger partial charge in [0.2, 0.25) is 6.29 Å². The first-order valence-corrected chi connectivity index (χ1v) is 17.7. The third kappa shape index (κ3) is 7.22. The van der Waals surface area contributed by atoms with Crippen LogP contribution in [0.5, 0.6) is 11.5 Å². The van der Waals surface area contributed by atoms with Crippen molar-refractivity contribution in [2.75, 3.05) is 13.7 Å². The highest BCUT2D eigenvalue weighted by molar-refractivity contribution is 6.48. The van der Waals surface area contributed by atoms with E-state index in [1.807, 2.05) is 51.1 Å². The molecule has 2 aliphatic heterocycles. The van der Waals surface area contributed by atoms with Crippen LogP contribution in [0.3, 0.4) is 0 Å². The van der Waals surface area contributed by atoms with Crippen LogP contribution in [0.15, 0.2) is 78.9 Å². The fourth-order valence-electron chi connectivity index (χ4n) is 5.43. The number of hydrogen-bond acceptors (Lipinski definition) is 8. The van der Waals surface area contributed by atoms with Gasteiger partial charge in [-0.3, -0.25) is 14.5 Å². The summed E-state index contributed by atoms with van der Waals surface area (Å²) in [5.41, 5.74) is 1.15. The number of fused-ring (bicyclic) bond motifs is 1. The van der Waals surface area contributed by atoms with E-state index in [1.54, 1.807) is 55.6 Å². The highest BCUT2D eigenvalue weighted by atomic mass is 28.3. The third-order valence-corrected chi connectivity index (χ3v) is 8.30. The van der Waals surface area contributed by atoms with Crippen molar-refractivity contribution in [1.82, 2.24) is 4.90 Å². The molecule has 0 aromatic heterocycles. The van der Waals surface area contributed by atoms with Gasteiger partial charge in [0, 0.05) is 0 Å². The highest BCUT2D eigenvalue weighted by Crippen LogP contribution is 2.37. The summed E-state index contributed by atoms with van der Waals surface area (Å²) in [6.07, 6.45) is -3.14. The van der Waals surface area contributed by atoms with E-state index < -0.39 is 57.1 Å². The minimum absolute atomic E-state index is 0.192. The van der Waals surface area contributed by atoms with E-state index >= 15 is 0 Å². The molecule has 0 unspecified atom stereocenters. The summed E-state index contributed by atoms with van der Waals surface area (Å²) < 4.78 is 38.0. The molecule has 0 N–H and O–H groups in total. The Morgan fingerprint density at radius 1 is 0.818 bits per heavy atom. The second kappa shape index (κ2) is 13.6. The minimum Gasteiger partial charge on any atom is -0.497 e. The SMILES string of the molecule is COc1ccc(O[C@@H]2O[C@H](COC(C)(C)C)[C@@H](O[SiH](C)C)[C@H](OCc3ccccc3)[C@H]2N2C(=O)c3ccccc3C2=O)cc1. The maximum Gasteiger partial charge on any atom is 0.262 e. The lowest BCUT2D eigenvalue weighted by Crippen LogP contribution is -2.68. The Morgan fingerprint density at radius 2 is 1.41 bits per heavy atom. The van der Waals surface area contributed by atoms with Crippen LogP contribution in [0, 0.1) is 0 Å². The molecule has 0 bridgehead atoms. The van der Waals surface area contributed by atoms with Gasteiger partial charge >= 0.3 is 0 Å². The molecule has 44 heavy (non-hydrogen) atoms. The summed E-state index contributed by atoms with van der Waals surface area (Å²) in [5, 5.41) is 0. The predicted octanol–water partition coefficient (Wildman–Crippen LogP) is 5.23. The maximum absolute atomic E-state index is 13.9. The average molecular weight is 620 g/mol. The average Bonchev–Trinajstić information content (AvgIpc) is 3.25. The van der Waals surface area contributed by atoms with Crippen LogP contribution in [0.1, 0.15) is 47.1 Å². The van der Waals surface area contributed by atoms with Crippen molar-refractivity contribution >= 4 is 20.9 Å². The molecule has 0 saturated carbocycles. The van der Waals surface area contributed by atoms with E-state index in [2.05, 4.69) is 13.1 Å². The van der Waals surface area contributed by atoms with Gasteiger partial charge in [0.25, 0.3) is 11.8 Å². The van der Waals surface area contributed by atoms with Crippen molar-refractivity contribution < 1.29 is 37.7 Å². The number of amides is 2. The smallest absolute Gasteiger partial charge is 0.262 e. The number of nitrogens with zero attached hydrogens (tertiary/aromatic N) is 1. The number of ether oxygens (including phenoxy) is 5. The molecule has 10 heteroatoms. The lowest BCUT2D eigenvalue weighted by molar-refractivity contribution is -0.267. The van der Waals surface area contributed by atoms with Gasteiger partial charge in [0.05, 0.1) is 37.1 Å². The van der Waals surface area contributed by atoms with Crippen LogP contribution < -0.4 is 9.47 Å². The second-order valence-electron chi connectivity index (χ2n) is 12.2. The molecule has 3 aromatic carbocycles. The fraction of sp³-hybridized carbons (Fsp3) is 0.412. The number of carbonyl (C=O) groups excluding carboxylic acids is 2. The van der Waals surface area contributed by atoms with Crippen LogP contribution in [0.4, 0.5) is 0 Å². The van der Waals surface area contributed by atoms with Gasteiger partial charge in [-0.1, -0.05) is 42.5 Å². The molecule has 234 valence electrons. The van der Waals surface area contributed by atoms with E-state index in [0.29, 0.717) is 22.6 Å². The predicted molar refractivity (Wildman–Crippen MR) is 167 cm³/mol. The molecule has 0 aliphatic carbocycles. The van der Waals surface area contributed by atoms with Gasteiger partial charge < -0.3 is 28.1 Å². The van der Waals surface area contributed by atoms with Crippen LogP contribution in [-0.4, -0.2) is 75.7 Å². The maximum atomic E-state index is 13.9. The first kappa shape index (κ1) is 31.9. The molecule has 5 atom stereocenters. The van der Waals surface area contributed by atoms with Crippen molar-refractivity contribution in [3.8, 4) is 11.5 Å². The molecular formula is C34H41NO8Si. The highest BCUT2D eigenvalue weighted by Gasteiger charge is 2.56. The zero-order valence-corrected chi connectivity index (χ0v) is 27.3. The molecule has 0 radical (unpaired) electrons. The van der Waals surface area contributed by atoms with Gasteiger partial charge in [-0.05, 0) is 75.8 Å². The fourth-order valence-corrected chi connectivity index (χ4v) is 6.39. The quantitative estimate of drug-likeness (QED) is 0.213. The lowest BCUT2D eigenvalue weighted by atomic mass is 9.95. The summed E-state index contributed by atoms with van der Waals surface area (Å²) in [5.74, 6) is 0.281. The largest absolute Gasteiger partial charge is 0.497 e. The van der Waals surface area contributed by atoms with E-state index in [0.717, 1.165) is 5.56 Å². The Labute approximate surface area is 260 Å². The van der Waals surface area contributed by atoms with E-state index in [4.69, 9.17) is 28.1 Å². The molecular weight excluding hydrogens is 578 g/mol. The molecule has 9 nitrogen and oxygen atoms in total. The molecule has 1 saturated heterocycles. The van der Waals surface area contributed by atoms with E-state index in [9.17, 15) is 9.59 Å². The van der Waals surface area contributed by atoms with Gasteiger partial charge in [-0.25, -0.2) is 0 Å².